The maximum Gasteiger partial charge on any atom is 0.341 e. The topological polar surface area (TPSA) is 65.2 Å². The SMILES string of the molecule is CCOC(=O)c1cc2c(nc1N)[C@H](C)CCC2. The highest BCUT2D eigenvalue weighted by Gasteiger charge is 2.22. The van der Waals surface area contributed by atoms with E-state index in [1.165, 1.54) is 0 Å². The Kier molecular flexibility index (Phi) is 3.31. The van der Waals surface area contributed by atoms with Gasteiger partial charge in [0, 0.05) is 5.69 Å². The molecule has 0 spiro atoms. The van der Waals surface area contributed by atoms with Crippen LogP contribution in [0.25, 0.3) is 0 Å². The Morgan fingerprint density at radius 1 is 1.65 bits per heavy atom. The van der Waals surface area contributed by atoms with E-state index in [1.807, 2.05) is 6.07 Å². The van der Waals surface area contributed by atoms with Gasteiger partial charge in [0.2, 0.25) is 0 Å². The second kappa shape index (κ2) is 4.73. The second-order valence-electron chi connectivity index (χ2n) is 4.48. The van der Waals surface area contributed by atoms with Crippen LogP contribution in [0.2, 0.25) is 0 Å². The number of aromatic nitrogens is 1. The summed E-state index contributed by atoms with van der Waals surface area (Å²) in [6.07, 6.45) is 3.25. The molecule has 0 radical (unpaired) electrons. The van der Waals surface area contributed by atoms with E-state index in [0.717, 1.165) is 30.5 Å². The number of ether oxygens (including phenoxy) is 1. The van der Waals surface area contributed by atoms with Crippen LogP contribution >= 0.6 is 0 Å². The lowest BCUT2D eigenvalue weighted by Gasteiger charge is -2.22. The molecule has 0 fully saturated rings. The van der Waals surface area contributed by atoms with Crippen molar-refractivity contribution >= 4 is 11.8 Å². The van der Waals surface area contributed by atoms with Gasteiger partial charge in [-0.3, -0.25) is 0 Å². The molecule has 0 saturated heterocycles. The van der Waals surface area contributed by atoms with Crippen molar-refractivity contribution in [3.63, 3.8) is 0 Å². The van der Waals surface area contributed by atoms with Crippen molar-refractivity contribution in [1.29, 1.82) is 0 Å². The van der Waals surface area contributed by atoms with Crippen molar-refractivity contribution in [2.45, 2.75) is 39.0 Å². The van der Waals surface area contributed by atoms with Gasteiger partial charge in [-0.25, -0.2) is 9.78 Å². The molecular weight excluding hydrogens is 216 g/mol. The molecule has 0 bridgehead atoms. The van der Waals surface area contributed by atoms with Crippen LogP contribution in [0.4, 0.5) is 5.82 Å². The first-order valence-corrected chi connectivity index (χ1v) is 6.10. The fraction of sp³-hybridized carbons (Fsp3) is 0.538. The largest absolute Gasteiger partial charge is 0.462 e. The van der Waals surface area contributed by atoms with Gasteiger partial charge in [-0.1, -0.05) is 6.92 Å². The van der Waals surface area contributed by atoms with E-state index in [2.05, 4.69) is 11.9 Å². The van der Waals surface area contributed by atoms with Crippen LogP contribution in [-0.2, 0) is 11.2 Å². The summed E-state index contributed by atoms with van der Waals surface area (Å²) in [6, 6.07) is 1.85. The lowest BCUT2D eigenvalue weighted by Crippen LogP contribution is -2.16. The number of carbonyl (C=O) groups excluding carboxylic acids is 1. The third-order valence-corrected chi connectivity index (χ3v) is 3.21. The van der Waals surface area contributed by atoms with Gasteiger partial charge in [0.15, 0.2) is 0 Å². The fourth-order valence-electron chi connectivity index (χ4n) is 2.32. The van der Waals surface area contributed by atoms with Crippen molar-refractivity contribution in [1.82, 2.24) is 4.98 Å². The van der Waals surface area contributed by atoms with Crippen LogP contribution in [0.15, 0.2) is 6.07 Å². The first kappa shape index (κ1) is 11.9. The lowest BCUT2D eigenvalue weighted by atomic mass is 9.87. The van der Waals surface area contributed by atoms with Crippen molar-refractivity contribution in [2.75, 3.05) is 12.3 Å². The number of aryl methyl sites for hydroxylation is 1. The van der Waals surface area contributed by atoms with E-state index in [-0.39, 0.29) is 11.8 Å². The summed E-state index contributed by atoms with van der Waals surface area (Å²) in [5.74, 6) is 0.340. The number of pyridine rings is 1. The van der Waals surface area contributed by atoms with Crippen molar-refractivity contribution < 1.29 is 9.53 Å². The standard InChI is InChI=1S/C13H18N2O2/c1-3-17-13(16)10-7-9-6-4-5-8(2)11(9)15-12(10)14/h7-8H,3-6H2,1-2H3,(H2,14,15)/t8-/m1/s1. The van der Waals surface area contributed by atoms with Gasteiger partial charge in [-0.2, -0.15) is 0 Å². The van der Waals surface area contributed by atoms with Gasteiger partial charge in [-0.05, 0) is 43.7 Å². The maximum absolute atomic E-state index is 11.7. The maximum atomic E-state index is 11.7. The van der Waals surface area contributed by atoms with Crippen LogP contribution in [0.5, 0.6) is 0 Å². The number of hydrogen-bond donors (Lipinski definition) is 1. The Morgan fingerprint density at radius 2 is 2.41 bits per heavy atom. The Hall–Kier alpha value is -1.58. The van der Waals surface area contributed by atoms with E-state index in [1.54, 1.807) is 6.92 Å². The minimum atomic E-state index is -0.376. The molecule has 17 heavy (non-hydrogen) atoms. The average Bonchev–Trinajstić information content (AvgIpc) is 2.30. The molecule has 1 aliphatic carbocycles. The van der Waals surface area contributed by atoms with Crippen LogP contribution in [0.3, 0.4) is 0 Å². The highest BCUT2D eigenvalue weighted by molar-refractivity contribution is 5.94. The molecular formula is C13H18N2O2. The minimum Gasteiger partial charge on any atom is -0.462 e. The van der Waals surface area contributed by atoms with E-state index in [9.17, 15) is 4.79 Å². The van der Waals surface area contributed by atoms with Gasteiger partial charge >= 0.3 is 5.97 Å². The Labute approximate surface area is 101 Å². The number of carbonyl (C=O) groups is 1. The Balaban J connectivity index is 2.40. The van der Waals surface area contributed by atoms with Crippen molar-refractivity contribution in [3.05, 3.63) is 22.9 Å². The molecule has 0 unspecified atom stereocenters. The molecule has 4 nitrogen and oxygen atoms in total. The average molecular weight is 234 g/mol. The quantitative estimate of drug-likeness (QED) is 0.797. The predicted molar refractivity (Wildman–Crippen MR) is 66.0 cm³/mol. The molecule has 1 aliphatic rings. The second-order valence-corrected chi connectivity index (χ2v) is 4.48. The monoisotopic (exact) mass is 234 g/mol. The number of anilines is 1. The lowest BCUT2D eigenvalue weighted by molar-refractivity contribution is 0.0527. The van der Waals surface area contributed by atoms with Crippen molar-refractivity contribution in [3.8, 4) is 0 Å². The first-order valence-electron chi connectivity index (χ1n) is 6.10. The third-order valence-electron chi connectivity index (χ3n) is 3.21. The molecule has 1 aromatic heterocycles. The zero-order valence-electron chi connectivity index (χ0n) is 10.3. The highest BCUT2D eigenvalue weighted by atomic mass is 16.5. The molecule has 92 valence electrons. The molecule has 1 heterocycles. The summed E-state index contributed by atoms with van der Waals surface area (Å²) in [6.45, 7) is 4.28. The highest BCUT2D eigenvalue weighted by Crippen LogP contribution is 2.31. The molecule has 2 N–H and O–H groups in total. The Bertz CT molecular complexity index is 443. The molecule has 0 aromatic carbocycles. The van der Waals surface area contributed by atoms with Gasteiger partial charge in [0.25, 0.3) is 0 Å². The molecule has 0 saturated carbocycles. The zero-order chi connectivity index (χ0) is 12.4. The van der Waals surface area contributed by atoms with Crippen LogP contribution in [-0.4, -0.2) is 17.6 Å². The third kappa shape index (κ3) is 2.25. The molecule has 4 heteroatoms. The number of nitrogen functional groups attached to an aromatic ring is 1. The smallest absolute Gasteiger partial charge is 0.341 e. The summed E-state index contributed by atoms with van der Waals surface area (Å²) in [4.78, 5) is 16.1. The fourth-order valence-corrected chi connectivity index (χ4v) is 2.32. The predicted octanol–water partition coefficient (Wildman–Crippen LogP) is 2.28. The molecule has 1 atom stereocenters. The molecule has 0 amide bonds. The minimum absolute atomic E-state index is 0.288. The summed E-state index contributed by atoms with van der Waals surface area (Å²) in [5, 5.41) is 0. The summed E-state index contributed by atoms with van der Waals surface area (Å²) < 4.78 is 4.97. The van der Waals surface area contributed by atoms with Crippen LogP contribution < -0.4 is 5.73 Å². The van der Waals surface area contributed by atoms with Crippen molar-refractivity contribution in [2.24, 2.45) is 0 Å². The van der Waals surface area contributed by atoms with Crippen LogP contribution in [0, 0.1) is 0 Å². The number of rotatable bonds is 2. The van der Waals surface area contributed by atoms with E-state index in [4.69, 9.17) is 10.5 Å². The van der Waals surface area contributed by atoms with Gasteiger partial charge in [-0.15, -0.1) is 0 Å². The zero-order valence-corrected chi connectivity index (χ0v) is 10.3. The van der Waals surface area contributed by atoms with Gasteiger partial charge < -0.3 is 10.5 Å². The number of nitrogens with zero attached hydrogens (tertiary/aromatic N) is 1. The van der Waals surface area contributed by atoms with E-state index < -0.39 is 0 Å². The first-order chi connectivity index (χ1) is 8.13. The number of esters is 1. The number of fused-ring (bicyclic) bond motifs is 1. The summed E-state index contributed by atoms with van der Waals surface area (Å²) >= 11 is 0. The van der Waals surface area contributed by atoms with E-state index >= 15 is 0 Å². The number of hydrogen-bond acceptors (Lipinski definition) is 4. The summed E-state index contributed by atoms with van der Waals surface area (Å²) in [5.41, 5.74) is 8.41. The normalized spacial score (nSPS) is 18.6. The molecule has 0 aliphatic heterocycles. The Morgan fingerprint density at radius 3 is 3.12 bits per heavy atom. The molecule has 2 rings (SSSR count). The number of nitrogens with two attached hydrogens (primary N) is 1. The van der Waals surface area contributed by atoms with E-state index in [0.29, 0.717) is 18.1 Å². The van der Waals surface area contributed by atoms with Gasteiger partial charge in [0.1, 0.15) is 11.4 Å². The van der Waals surface area contributed by atoms with Crippen LogP contribution in [0.1, 0.15) is 54.2 Å². The molecule has 1 aromatic rings. The summed E-state index contributed by atoms with van der Waals surface area (Å²) in [7, 11) is 0. The van der Waals surface area contributed by atoms with Gasteiger partial charge in [0.05, 0.1) is 6.61 Å².